The Balaban J connectivity index is 1.80. The van der Waals surface area contributed by atoms with E-state index in [1.165, 1.54) is 7.11 Å². The van der Waals surface area contributed by atoms with Crippen LogP contribution in [-0.4, -0.2) is 24.5 Å². The van der Waals surface area contributed by atoms with Gasteiger partial charge in [0.15, 0.2) is 0 Å². The zero-order valence-corrected chi connectivity index (χ0v) is 17.8. The van der Waals surface area contributed by atoms with Crippen molar-refractivity contribution in [3.8, 4) is 16.9 Å². The molecule has 3 aromatic rings. The number of halogens is 2. The second-order valence-electron chi connectivity index (χ2n) is 6.91. The van der Waals surface area contributed by atoms with Gasteiger partial charge in [0.2, 0.25) is 5.91 Å². The molecule has 1 N–H and O–H groups in total. The van der Waals surface area contributed by atoms with Crippen LogP contribution in [0.2, 0.25) is 5.02 Å². The van der Waals surface area contributed by atoms with Gasteiger partial charge in [-0.1, -0.05) is 35.9 Å². The molecule has 0 radical (unpaired) electrons. The molecule has 0 aliphatic rings. The normalized spacial score (nSPS) is 10.7. The third kappa shape index (κ3) is 5.36. The summed E-state index contributed by atoms with van der Waals surface area (Å²) in [6, 6.07) is 14.4. The molecule has 0 aliphatic heterocycles. The zero-order chi connectivity index (χ0) is 21.5. The number of aryl methyl sites for hydroxylation is 1. The summed E-state index contributed by atoms with van der Waals surface area (Å²) in [5, 5.41) is 3.30. The van der Waals surface area contributed by atoms with Crippen LogP contribution in [0.4, 0.5) is 4.39 Å². The third-order valence-corrected chi connectivity index (χ3v) is 5.01. The fourth-order valence-corrected chi connectivity index (χ4v) is 3.47. The minimum atomic E-state index is -0.336. The van der Waals surface area contributed by atoms with Crippen LogP contribution >= 0.6 is 11.6 Å². The van der Waals surface area contributed by atoms with Crippen molar-refractivity contribution in [1.29, 1.82) is 0 Å². The minimum absolute atomic E-state index is 0.0113. The molecular formula is C24H24ClFN2O2. The molecule has 4 nitrogen and oxygen atoms in total. The topological polar surface area (TPSA) is 51.2 Å². The lowest BCUT2D eigenvalue weighted by Gasteiger charge is -2.14. The van der Waals surface area contributed by atoms with Crippen LogP contribution in [0.1, 0.15) is 30.2 Å². The smallest absolute Gasteiger partial charge is 0.220 e. The van der Waals surface area contributed by atoms with E-state index in [1.54, 1.807) is 36.5 Å². The first kappa shape index (κ1) is 21.8. The number of carbonyl (C=O) groups is 1. The zero-order valence-electron chi connectivity index (χ0n) is 17.0. The van der Waals surface area contributed by atoms with Crippen LogP contribution in [-0.2, 0) is 17.6 Å². The summed E-state index contributed by atoms with van der Waals surface area (Å²) >= 11 is 6.09. The summed E-state index contributed by atoms with van der Waals surface area (Å²) in [5.74, 6) is 0.131. The number of aromatic nitrogens is 1. The molecule has 30 heavy (non-hydrogen) atoms. The monoisotopic (exact) mass is 426 g/mol. The Bertz CT molecular complexity index is 1020. The van der Waals surface area contributed by atoms with Crippen LogP contribution in [0.5, 0.6) is 5.75 Å². The molecule has 0 unspecified atom stereocenters. The number of nitrogens with zero attached hydrogens (tertiary/aromatic N) is 1. The number of carbonyl (C=O) groups excluding carboxylic acids is 1. The van der Waals surface area contributed by atoms with E-state index >= 15 is 4.39 Å². The number of hydrogen-bond donors (Lipinski definition) is 1. The van der Waals surface area contributed by atoms with Gasteiger partial charge < -0.3 is 10.1 Å². The summed E-state index contributed by atoms with van der Waals surface area (Å²) in [6.45, 7) is 2.51. The van der Waals surface area contributed by atoms with Crippen molar-refractivity contribution in [3.63, 3.8) is 0 Å². The molecule has 1 amide bonds. The number of hydrogen-bond acceptors (Lipinski definition) is 3. The van der Waals surface area contributed by atoms with Gasteiger partial charge in [-0.15, -0.1) is 0 Å². The van der Waals surface area contributed by atoms with E-state index < -0.39 is 0 Å². The maximum atomic E-state index is 15.4. The number of nitrogens with one attached hydrogen (secondary N) is 1. The van der Waals surface area contributed by atoms with Gasteiger partial charge in [0, 0.05) is 36.3 Å². The fourth-order valence-electron chi connectivity index (χ4n) is 3.28. The average Bonchev–Trinajstić information content (AvgIpc) is 2.74. The lowest BCUT2D eigenvalue weighted by molar-refractivity contribution is -0.120. The number of amides is 1. The van der Waals surface area contributed by atoms with E-state index in [1.807, 2.05) is 25.1 Å². The number of benzene rings is 2. The molecule has 6 heteroatoms. The minimum Gasteiger partial charge on any atom is -0.496 e. The highest BCUT2D eigenvalue weighted by molar-refractivity contribution is 6.30. The van der Waals surface area contributed by atoms with Gasteiger partial charge in [0.25, 0.3) is 0 Å². The Morgan fingerprint density at radius 2 is 2.03 bits per heavy atom. The molecule has 3 rings (SSSR count). The molecule has 0 spiro atoms. The maximum absolute atomic E-state index is 15.4. The summed E-state index contributed by atoms with van der Waals surface area (Å²) in [7, 11) is 1.52. The van der Waals surface area contributed by atoms with Crippen LogP contribution in [0.3, 0.4) is 0 Å². The first-order chi connectivity index (χ1) is 14.5. The van der Waals surface area contributed by atoms with Gasteiger partial charge in [-0.3, -0.25) is 9.78 Å². The van der Waals surface area contributed by atoms with E-state index in [0.29, 0.717) is 53.3 Å². The third-order valence-electron chi connectivity index (χ3n) is 4.78. The summed E-state index contributed by atoms with van der Waals surface area (Å²) in [6.07, 6.45) is 3.10. The quantitative estimate of drug-likeness (QED) is 0.538. The first-order valence-electron chi connectivity index (χ1n) is 9.83. The number of ether oxygens (including phenoxy) is 1. The lowest BCUT2D eigenvalue weighted by Crippen LogP contribution is -2.22. The van der Waals surface area contributed by atoms with Gasteiger partial charge >= 0.3 is 0 Å². The predicted octanol–water partition coefficient (Wildman–Crippen LogP) is 5.21. The van der Waals surface area contributed by atoms with E-state index in [2.05, 4.69) is 10.3 Å². The van der Waals surface area contributed by atoms with Gasteiger partial charge in [-0.05, 0) is 54.3 Å². The molecule has 0 atom stereocenters. The molecule has 0 fully saturated rings. The Morgan fingerprint density at radius 1 is 1.20 bits per heavy atom. The van der Waals surface area contributed by atoms with Crippen LogP contribution in [0.15, 0.2) is 54.7 Å². The van der Waals surface area contributed by atoms with Gasteiger partial charge in [-0.2, -0.15) is 0 Å². The lowest BCUT2D eigenvalue weighted by atomic mass is 9.97. The molecule has 0 saturated heterocycles. The van der Waals surface area contributed by atoms with E-state index in [-0.39, 0.29) is 11.7 Å². The van der Waals surface area contributed by atoms with Gasteiger partial charge in [0.05, 0.1) is 12.7 Å². The van der Waals surface area contributed by atoms with Crippen molar-refractivity contribution < 1.29 is 13.9 Å². The first-order valence-corrected chi connectivity index (χ1v) is 10.2. The molecule has 0 saturated carbocycles. The Kier molecular flexibility index (Phi) is 7.41. The maximum Gasteiger partial charge on any atom is 0.220 e. The van der Waals surface area contributed by atoms with E-state index in [4.69, 9.17) is 16.3 Å². The second-order valence-corrected chi connectivity index (χ2v) is 7.35. The SMILES string of the molecule is CCNC(=O)CCc1ccc(Cc2ccc(OC)c(-c3cccc(Cl)c3)c2F)cn1. The summed E-state index contributed by atoms with van der Waals surface area (Å²) < 4.78 is 20.8. The standard InChI is InChI=1S/C24H24ClFN2O2/c1-3-27-22(29)12-10-20-9-7-16(15-28-20)13-18-8-11-21(30-2)23(24(18)26)17-5-4-6-19(25)14-17/h4-9,11,14-15H,3,10,12-13H2,1-2H3,(H,27,29). The van der Waals surface area contributed by atoms with Crippen molar-refractivity contribution in [2.24, 2.45) is 0 Å². The van der Waals surface area contributed by atoms with Crippen LogP contribution < -0.4 is 10.1 Å². The highest BCUT2D eigenvalue weighted by atomic mass is 35.5. The van der Waals surface area contributed by atoms with E-state index in [0.717, 1.165) is 11.3 Å². The predicted molar refractivity (Wildman–Crippen MR) is 117 cm³/mol. The number of rotatable bonds is 8. The molecule has 0 aliphatic carbocycles. The highest BCUT2D eigenvalue weighted by Crippen LogP contribution is 2.36. The fraction of sp³-hybridized carbons (Fsp3) is 0.250. The Labute approximate surface area is 181 Å². The number of methoxy groups -OCH3 is 1. The van der Waals surface area contributed by atoms with Crippen molar-refractivity contribution in [1.82, 2.24) is 10.3 Å². The van der Waals surface area contributed by atoms with Crippen molar-refractivity contribution in [3.05, 3.63) is 82.4 Å². The average molecular weight is 427 g/mol. The van der Waals surface area contributed by atoms with Crippen LogP contribution in [0.25, 0.3) is 11.1 Å². The van der Waals surface area contributed by atoms with Crippen molar-refractivity contribution in [2.75, 3.05) is 13.7 Å². The molecule has 1 heterocycles. The largest absolute Gasteiger partial charge is 0.496 e. The van der Waals surface area contributed by atoms with E-state index in [9.17, 15) is 4.79 Å². The summed E-state index contributed by atoms with van der Waals surface area (Å²) in [5.41, 5.74) is 3.32. The molecule has 2 aromatic carbocycles. The highest BCUT2D eigenvalue weighted by Gasteiger charge is 2.17. The van der Waals surface area contributed by atoms with Crippen molar-refractivity contribution in [2.45, 2.75) is 26.2 Å². The molecule has 0 bridgehead atoms. The second kappa shape index (κ2) is 10.2. The van der Waals surface area contributed by atoms with Gasteiger partial charge in [0.1, 0.15) is 11.6 Å². The Morgan fingerprint density at radius 3 is 2.70 bits per heavy atom. The van der Waals surface area contributed by atoms with Crippen molar-refractivity contribution >= 4 is 17.5 Å². The molecular weight excluding hydrogens is 403 g/mol. The van der Waals surface area contributed by atoms with Crippen LogP contribution in [0, 0.1) is 5.82 Å². The summed E-state index contributed by atoms with van der Waals surface area (Å²) in [4.78, 5) is 16.0. The molecule has 156 valence electrons. The Hall–Kier alpha value is -2.92. The number of pyridine rings is 1. The van der Waals surface area contributed by atoms with Gasteiger partial charge in [-0.25, -0.2) is 4.39 Å². The molecule has 1 aromatic heterocycles.